The molecule has 0 aromatic carbocycles. The number of thiophene rings is 1. The van der Waals surface area contributed by atoms with Gasteiger partial charge in [0.15, 0.2) is 0 Å². The minimum absolute atomic E-state index is 0.0229. The van der Waals surface area contributed by atoms with Crippen molar-refractivity contribution < 1.29 is 17.9 Å². The van der Waals surface area contributed by atoms with Crippen LogP contribution >= 0.6 is 11.3 Å². The number of aromatic nitrogens is 3. The van der Waals surface area contributed by atoms with Gasteiger partial charge >= 0.3 is 5.97 Å². The molecule has 0 bridgehead atoms. The number of sulfonamides is 1. The Labute approximate surface area is 154 Å². The number of carbonyl (C=O) groups is 1. The molecule has 0 radical (unpaired) electrons. The van der Waals surface area contributed by atoms with Crippen molar-refractivity contribution in [2.75, 3.05) is 7.11 Å². The molecule has 0 amide bonds. The van der Waals surface area contributed by atoms with Gasteiger partial charge < -0.3 is 4.74 Å². The van der Waals surface area contributed by atoms with Crippen LogP contribution in [0, 0.1) is 0 Å². The lowest BCUT2D eigenvalue weighted by Gasteiger charge is -2.07. The van der Waals surface area contributed by atoms with Crippen molar-refractivity contribution in [1.82, 2.24) is 19.5 Å². The highest BCUT2D eigenvalue weighted by Crippen LogP contribution is 2.23. The van der Waals surface area contributed by atoms with Crippen LogP contribution in [-0.2, 0) is 28.4 Å². The van der Waals surface area contributed by atoms with E-state index < -0.39 is 16.0 Å². The third-order valence-corrected chi connectivity index (χ3v) is 6.10. The van der Waals surface area contributed by atoms with Crippen molar-refractivity contribution in [3.63, 3.8) is 0 Å². The number of hydrogen-bond donors (Lipinski definition) is 1. The second kappa shape index (κ2) is 7.36. The lowest BCUT2D eigenvalue weighted by atomic mass is 10.2. The third-order valence-electron chi connectivity index (χ3n) is 3.64. The first-order chi connectivity index (χ1) is 12.4. The number of nitrogens with one attached hydrogen (secondary N) is 1. The van der Waals surface area contributed by atoms with E-state index in [1.165, 1.54) is 18.6 Å². The van der Waals surface area contributed by atoms with Gasteiger partial charge in [-0.05, 0) is 29.6 Å². The molecule has 10 heteroatoms. The van der Waals surface area contributed by atoms with Gasteiger partial charge in [0, 0.05) is 13.2 Å². The maximum absolute atomic E-state index is 12.5. The number of ether oxygens (including phenoxy) is 1. The van der Waals surface area contributed by atoms with Gasteiger partial charge in [-0.1, -0.05) is 6.07 Å². The largest absolute Gasteiger partial charge is 0.465 e. The number of carbonyl (C=O) groups excluding carboxylic acids is 1. The molecule has 0 aliphatic rings. The zero-order valence-corrected chi connectivity index (χ0v) is 15.7. The van der Waals surface area contributed by atoms with Crippen LogP contribution in [0.3, 0.4) is 0 Å². The van der Waals surface area contributed by atoms with Gasteiger partial charge in [0.2, 0.25) is 10.0 Å². The van der Waals surface area contributed by atoms with Crippen LogP contribution in [0.1, 0.15) is 15.4 Å². The zero-order valence-electron chi connectivity index (χ0n) is 14.0. The minimum atomic E-state index is -3.87. The average Bonchev–Trinajstić information content (AvgIpc) is 3.27. The lowest BCUT2D eigenvalue weighted by molar-refractivity contribution is 0.0602. The maximum atomic E-state index is 12.5. The molecule has 3 aromatic rings. The number of methoxy groups -OCH3 is 1. The molecular formula is C16H16N4O4S2. The van der Waals surface area contributed by atoms with E-state index in [2.05, 4.69) is 19.5 Å². The Hall–Kier alpha value is -2.56. The summed E-state index contributed by atoms with van der Waals surface area (Å²) in [6.45, 7) is 0.0229. The van der Waals surface area contributed by atoms with Crippen molar-refractivity contribution in [3.8, 4) is 11.4 Å². The van der Waals surface area contributed by atoms with Crippen molar-refractivity contribution in [2.24, 2.45) is 7.05 Å². The molecule has 3 aromatic heterocycles. The fraction of sp³-hybridized carbons (Fsp3) is 0.188. The molecule has 1 N–H and O–H groups in total. The first kappa shape index (κ1) is 18.2. The summed E-state index contributed by atoms with van der Waals surface area (Å²) < 4.78 is 33.8. The molecule has 0 atom stereocenters. The van der Waals surface area contributed by atoms with E-state index in [0.29, 0.717) is 17.1 Å². The van der Waals surface area contributed by atoms with E-state index in [1.54, 1.807) is 30.1 Å². The first-order valence-corrected chi connectivity index (χ1v) is 9.88. The van der Waals surface area contributed by atoms with E-state index in [4.69, 9.17) is 0 Å². The molecular weight excluding hydrogens is 376 g/mol. The van der Waals surface area contributed by atoms with Crippen molar-refractivity contribution >= 4 is 27.3 Å². The normalized spacial score (nSPS) is 11.5. The molecule has 8 nitrogen and oxygen atoms in total. The quantitative estimate of drug-likeness (QED) is 0.642. The average molecular weight is 392 g/mol. The second-order valence-electron chi connectivity index (χ2n) is 5.29. The van der Waals surface area contributed by atoms with Crippen molar-refractivity contribution in [2.45, 2.75) is 11.4 Å². The fourth-order valence-corrected chi connectivity index (χ4v) is 4.64. The van der Waals surface area contributed by atoms with Gasteiger partial charge in [-0.15, -0.1) is 11.3 Å². The van der Waals surface area contributed by atoms with E-state index in [0.717, 1.165) is 11.3 Å². The predicted molar refractivity (Wildman–Crippen MR) is 96.1 cm³/mol. The topological polar surface area (TPSA) is 103 Å². The number of pyridine rings is 1. The van der Waals surface area contributed by atoms with Crippen LogP contribution in [0.25, 0.3) is 11.4 Å². The summed E-state index contributed by atoms with van der Waals surface area (Å²) in [7, 11) is -0.938. The summed E-state index contributed by atoms with van der Waals surface area (Å²) in [6.07, 6.45) is 1.66. The minimum Gasteiger partial charge on any atom is -0.465 e. The molecule has 0 unspecified atom stereocenters. The standard InChI is InChI=1S/C16H16N4O4S2/c1-20-11(9-13(19-20)12-5-3-4-7-17-12)10-18-26(22,23)14-6-8-25-15(14)16(21)24-2/h3-9,18H,10H2,1-2H3. The molecule has 0 spiro atoms. The van der Waals surface area contributed by atoms with Gasteiger partial charge in [0.25, 0.3) is 0 Å². The summed E-state index contributed by atoms with van der Waals surface area (Å²) in [5.74, 6) is -0.682. The van der Waals surface area contributed by atoms with Crippen LogP contribution in [0.4, 0.5) is 0 Å². The highest BCUT2D eigenvalue weighted by atomic mass is 32.2. The first-order valence-electron chi connectivity index (χ1n) is 7.52. The Kier molecular flexibility index (Phi) is 5.16. The van der Waals surface area contributed by atoms with E-state index >= 15 is 0 Å². The van der Waals surface area contributed by atoms with Crippen LogP contribution in [-0.4, -0.2) is 36.3 Å². The van der Waals surface area contributed by atoms with E-state index in [9.17, 15) is 13.2 Å². The number of nitrogens with zero attached hydrogens (tertiary/aromatic N) is 3. The smallest absolute Gasteiger partial charge is 0.349 e. The number of esters is 1. The van der Waals surface area contributed by atoms with Gasteiger partial charge in [0.1, 0.15) is 15.5 Å². The Morgan fingerprint density at radius 3 is 2.81 bits per heavy atom. The zero-order chi connectivity index (χ0) is 18.7. The van der Waals surface area contributed by atoms with Crippen molar-refractivity contribution in [3.05, 3.63) is 52.5 Å². The Morgan fingerprint density at radius 2 is 2.12 bits per heavy atom. The van der Waals surface area contributed by atoms with Gasteiger partial charge in [-0.25, -0.2) is 17.9 Å². The molecule has 0 fully saturated rings. The Balaban J connectivity index is 1.80. The Morgan fingerprint density at radius 1 is 1.31 bits per heavy atom. The molecule has 0 saturated carbocycles. The molecule has 3 heterocycles. The van der Waals surface area contributed by atoms with Crippen LogP contribution in [0.5, 0.6) is 0 Å². The van der Waals surface area contributed by atoms with Crippen molar-refractivity contribution in [1.29, 1.82) is 0 Å². The third kappa shape index (κ3) is 3.66. The second-order valence-corrected chi connectivity index (χ2v) is 7.94. The van der Waals surface area contributed by atoms with E-state index in [1.807, 2.05) is 12.1 Å². The lowest BCUT2D eigenvalue weighted by Crippen LogP contribution is -2.25. The monoisotopic (exact) mass is 392 g/mol. The fourth-order valence-electron chi connectivity index (χ4n) is 2.31. The van der Waals surface area contributed by atoms with Gasteiger partial charge in [0.05, 0.1) is 25.0 Å². The van der Waals surface area contributed by atoms with Gasteiger partial charge in [-0.2, -0.15) is 5.10 Å². The molecule has 0 aliphatic carbocycles. The summed E-state index contributed by atoms with van der Waals surface area (Å²) >= 11 is 1.02. The molecule has 136 valence electrons. The highest BCUT2D eigenvalue weighted by molar-refractivity contribution is 7.89. The summed E-state index contributed by atoms with van der Waals surface area (Å²) in [5.41, 5.74) is 2.00. The SMILES string of the molecule is COC(=O)c1sccc1S(=O)(=O)NCc1cc(-c2ccccn2)nn1C. The number of aryl methyl sites for hydroxylation is 1. The highest BCUT2D eigenvalue weighted by Gasteiger charge is 2.24. The molecule has 0 saturated heterocycles. The maximum Gasteiger partial charge on any atom is 0.349 e. The number of hydrogen-bond acceptors (Lipinski definition) is 7. The Bertz CT molecular complexity index is 1030. The van der Waals surface area contributed by atoms with Crippen LogP contribution in [0.15, 0.2) is 46.8 Å². The van der Waals surface area contributed by atoms with Crippen LogP contribution in [0.2, 0.25) is 0 Å². The summed E-state index contributed by atoms with van der Waals surface area (Å²) in [4.78, 5) is 15.9. The van der Waals surface area contributed by atoms with Gasteiger partial charge in [-0.3, -0.25) is 9.67 Å². The van der Waals surface area contributed by atoms with Crippen LogP contribution < -0.4 is 4.72 Å². The van der Waals surface area contributed by atoms with E-state index in [-0.39, 0.29) is 16.3 Å². The molecule has 0 aliphatic heterocycles. The molecule has 3 rings (SSSR count). The summed E-state index contributed by atoms with van der Waals surface area (Å²) in [6, 6.07) is 8.62. The predicted octanol–water partition coefficient (Wildman–Crippen LogP) is 1.81. The summed E-state index contributed by atoms with van der Waals surface area (Å²) in [5, 5.41) is 5.88. The number of rotatable bonds is 6. The molecule has 26 heavy (non-hydrogen) atoms.